The van der Waals surface area contributed by atoms with Crippen LogP contribution in [0.15, 0.2) is 12.1 Å². The van der Waals surface area contributed by atoms with Crippen LogP contribution in [0.5, 0.6) is 0 Å². The third-order valence-electron chi connectivity index (χ3n) is 4.98. The van der Waals surface area contributed by atoms with Crippen LogP contribution in [-0.2, 0) is 0 Å². The molecular formula is C14H18N4O2. The van der Waals surface area contributed by atoms with E-state index in [1.165, 1.54) is 6.07 Å². The number of nitrogens with zero attached hydrogens (tertiary/aromatic N) is 3. The second-order valence-corrected chi connectivity index (χ2v) is 6.31. The summed E-state index contributed by atoms with van der Waals surface area (Å²) in [4.78, 5) is 14.1. The van der Waals surface area contributed by atoms with E-state index in [0.717, 1.165) is 6.54 Å². The van der Waals surface area contributed by atoms with Gasteiger partial charge in [-0.05, 0) is 22.8 Å². The van der Waals surface area contributed by atoms with Crippen LogP contribution >= 0.6 is 0 Å². The minimum absolute atomic E-state index is 0.158. The number of nitro groups is 1. The zero-order chi connectivity index (χ0) is 15.1. The minimum atomic E-state index is -0.595. The van der Waals surface area contributed by atoms with Gasteiger partial charge in [-0.3, -0.25) is 10.1 Å². The molecule has 1 aliphatic rings. The normalized spacial score (nSPS) is 19.1. The predicted octanol–water partition coefficient (Wildman–Crippen LogP) is 2.96. The fourth-order valence-corrected chi connectivity index (χ4v) is 2.83. The molecule has 1 aromatic heterocycles. The molecule has 1 heterocycles. The number of pyridine rings is 1. The number of anilines is 1. The molecule has 0 atom stereocenters. The number of nitrogens with one attached hydrogen (secondary N) is 1. The summed E-state index contributed by atoms with van der Waals surface area (Å²) in [6, 6.07) is 4.62. The van der Waals surface area contributed by atoms with Crippen molar-refractivity contribution in [3.63, 3.8) is 0 Å². The summed E-state index contributed by atoms with van der Waals surface area (Å²) < 4.78 is 0. The van der Waals surface area contributed by atoms with E-state index in [4.69, 9.17) is 5.26 Å². The SMILES string of the molecule is CC1(C)C(CNc2ccc([N+](=O)[O-])c(C#N)n2)C1(C)C. The highest BCUT2D eigenvalue weighted by atomic mass is 16.6. The van der Waals surface area contributed by atoms with Gasteiger partial charge in [-0.2, -0.15) is 5.26 Å². The average molecular weight is 274 g/mol. The maximum atomic E-state index is 10.7. The largest absolute Gasteiger partial charge is 0.370 e. The molecule has 1 aromatic rings. The molecular weight excluding hydrogens is 256 g/mol. The molecule has 6 nitrogen and oxygen atoms in total. The van der Waals surface area contributed by atoms with Crippen LogP contribution in [0, 0.1) is 38.2 Å². The van der Waals surface area contributed by atoms with Gasteiger partial charge in [-0.25, -0.2) is 4.98 Å². The van der Waals surface area contributed by atoms with Gasteiger partial charge in [0.15, 0.2) is 0 Å². The Morgan fingerprint density at radius 3 is 2.45 bits per heavy atom. The van der Waals surface area contributed by atoms with E-state index in [1.807, 2.05) is 0 Å². The fourth-order valence-electron chi connectivity index (χ4n) is 2.83. The van der Waals surface area contributed by atoms with E-state index in [2.05, 4.69) is 38.0 Å². The Kier molecular flexibility index (Phi) is 3.17. The lowest BCUT2D eigenvalue weighted by molar-refractivity contribution is -0.385. The molecule has 0 spiro atoms. The second-order valence-electron chi connectivity index (χ2n) is 6.31. The summed E-state index contributed by atoms with van der Waals surface area (Å²) in [7, 11) is 0. The molecule has 1 fully saturated rings. The van der Waals surface area contributed by atoms with Gasteiger partial charge >= 0.3 is 5.69 Å². The minimum Gasteiger partial charge on any atom is -0.370 e. The number of aromatic nitrogens is 1. The van der Waals surface area contributed by atoms with Gasteiger partial charge in [-0.1, -0.05) is 27.7 Å². The molecule has 0 bridgehead atoms. The van der Waals surface area contributed by atoms with Crippen molar-refractivity contribution < 1.29 is 4.92 Å². The maximum Gasteiger partial charge on any atom is 0.305 e. The monoisotopic (exact) mass is 274 g/mol. The molecule has 0 aliphatic heterocycles. The smallest absolute Gasteiger partial charge is 0.305 e. The first kappa shape index (κ1) is 14.3. The lowest BCUT2D eigenvalue weighted by Gasteiger charge is -2.07. The Bertz CT molecular complexity index is 588. The molecule has 106 valence electrons. The van der Waals surface area contributed by atoms with Gasteiger partial charge in [0, 0.05) is 12.6 Å². The molecule has 0 amide bonds. The summed E-state index contributed by atoms with van der Waals surface area (Å²) in [5.41, 5.74) is 0.108. The lowest BCUT2D eigenvalue weighted by Crippen LogP contribution is -2.10. The van der Waals surface area contributed by atoms with Gasteiger partial charge in [-0.15, -0.1) is 0 Å². The van der Waals surface area contributed by atoms with Crippen molar-refractivity contribution in [2.24, 2.45) is 16.7 Å². The van der Waals surface area contributed by atoms with Crippen LogP contribution in [0.2, 0.25) is 0 Å². The molecule has 0 unspecified atom stereocenters. The van der Waals surface area contributed by atoms with Crippen LogP contribution in [-0.4, -0.2) is 16.5 Å². The first-order valence-electron chi connectivity index (χ1n) is 6.51. The van der Waals surface area contributed by atoms with Crippen LogP contribution in [0.3, 0.4) is 0 Å². The third kappa shape index (κ3) is 2.09. The summed E-state index contributed by atoms with van der Waals surface area (Å²) in [5, 5.41) is 22.8. The molecule has 6 heteroatoms. The summed E-state index contributed by atoms with van der Waals surface area (Å²) in [6.45, 7) is 9.65. The molecule has 0 saturated heterocycles. The van der Waals surface area contributed by atoms with Gasteiger partial charge < -0.3 is 5.32 Å². The summed E-state index contributed by atoms with van der Waals surface area (Å²) >= 11 is 0. The average Bonchev–Trinajstić information content (AvgIpc) is 2.76. The zero-order valence-electron chi connectivity index (χ0n) is 12.1. The Balaban J connectivity index is 2.09. The van der Waals surface area contributed by atoms with Crippen molar-refractivity contribution in [1.82, 2.24) is 4.98 Å². The predicted molar refractivity (Wildman–Crippen MR) is 75.1 cm³/mol. The Labute approximate surface area is 118 Å². The van der Waals surface area contributed by atoms with Crippen LogP contribution < -0.4 is 5.32 Å². The van der Waals surface area contributed by atoms with E-state index < -0.39 is 4.92 Å². The number of rotatable bonds is 4. The number of nitriles is 1. The van der Waals surface area contributed by atoms with Gasteiger partial charge in [0.25, 0.3) is 0 Å². The Morgan fingerprint density at radius 1 is 1.40 bits per heavy atom. The highest BCUT2D eigenvalue weighted by molar-refractivity contribution is 5.50. The first-order chi connectivity index (χ1) is 9.21. The highest BCUT2D eigenvalue weighted by Gasteiger charge is 2.64. The van der Waals surface area contributed by atoms with Gasteiger partial charge in [0.1, 0.15) is 11.9 Å². The van der Waals surface area contributed by atoms with Crippen molar-refractivity contribution >= 4 is 11.5 Å². The Hall–Kier alpha value is -2.16. The zero-order valence-corrected chi connectivity index (χ0v) is 12.1. The quantitative estimate of drug-likeness (QED) is 0.673. The molecule has 20 heavy (non-hydrogen) atoms. The molecule has 0 radical (unpaired) electrons. The number of hydrogen-bond donors (Lipinski definition) is 1. The number of hydrogen-bond acceptors (Lipinski definition) is 5. The molecule has 1 aliphatic carbocycles. The van der Waals surface area contributed by atoms with Crippen LogP contribution in [0.1, 0.15) is 33.4 Å². The van der Waals surface area contributed by atoms with Crippen molar-refractivity contribution in [3.05, 3.63) is 27.9 Å². The maximum absolute atomic E-state index is 10.7. The van der Waals surface area contributed by atoms with Gasteiger partial charge in [0.2, 0.25) is 5.69 Å². The third-order valence-corrected chi connectivity index (χ3v) is 4.98. The molecule has 1 N–H and O–H groups in total. The summed E-state index contributed by atoms with van der Waals surface area (Å²) in [5.74, 6) is 1.02. The fraction of sp³-hybridized carbons (Fsp3) is 0.571. The second kappa shape index (κ2) is 4.44. The molecule has 0 aromatic carbocycles. The van der Waals surface area contributed by atoms with E-state index in [-0.39, 0.29) is 22.2 Å². The first-order valence-corrected chi connectivity index (χ1v) is 6.51. The van der Waals surface area contributed by atoms with Crippen molar-refractivity contribution in [3.8, 4) is 6.07 Å². The van der Waals surface area contributed by atoms with E-state index in [9.17, 15) is 10.1 Å². The van der Waals surface area contributed by atoms with E-state index in [1.54, 1.807) is 12.1 Å². The summed E-state index contributed by atoms with van der Waals surface area (Å²) in [6.07, 6.45) is 0. The van der Waals surface area contributed by atoms with Crippen molar-refractivity contribution in [1.29, 1.82) is 5.26 Å². The molecule has 1 saturated carbocycles. The standard InChI is InChI=1S/C14H18N4O2/c1-13(2)11(14(13,3)4)8-16-12-6-5-10(18(19)20)9(7-15)17-12/h5-6,11H,8H2,1-4H3,(H,16,17). The topological polar surface area (TPSA) is 91.9 Å². The van der Waals surface area contributed by atoms with Crippen LogP contribution in [0.25, 0.3) is 0 Å². The highest BCUT2D eigenvalue weighted by Crippen LogP contribution is 2.68. The lowest BCUT2D eigenvalue weighted by atomic mass is 10.0. The van der Waals surface area contributed by atoms with E-state index >= 15 is 0 Å². The molecule has 2 rings (SSSR count). The van der Waals surface area contributed by atoms with Crippen molar-refractivity contribution in [2.75, 3.05) is 11.9 Å². The van der Waals surface area contributed by atoms with Crippen LogP contribution in [0.4, 0.5) is 11.5 Å². The Morgan fingerprint density at radius 2 is 2.00 bits per heavy atom. The van der Waals surface area contributed by atoms with Gasteiger partial charge in [0.05, 0.1) is 4.92 Å². The van der Waals surface area contributed by atoms with E-state index in [0.29, 0.717) is 11.7 Å². The van der Waals surface area contributed by atoms with Crippen molar-refractivity contribution in [2.45, 2.75) is 27.7 Å².